The van der Waals surface area contributed by atoms with Crippen LogP contribution in [0.15, 0.2) is 18.2 Å². The number of anilines is 1. The number of thiazole rings is 1. The lowest BCUT2D eigenvalue weighted by Crippen LogP contribution is -2.43. The highest BCUT2D eigenvalue weighted by atomic mass is 35.5. The van der Waals surface area contributed by atoms with Crippen LogP contribution < -0.4 is 5.32 Å². The molecule has 2 heterocycles. The van der Waals surface area contributed by atoms with Gasteiger partial charge in [-0.25, -0.2) is 4.98 Å². The van der Waals surface area contributed by atoms with Crippen molar-refractivity contribution < 1.29 is 9.59 Å². The summed E-state index contributed by atoms with van der Waals surface area (Å²) in [6, 6.07) is 4.36. The molecule has 8 heteroatoms. The molecule has 0 aliphatic carbocycles. The van der Waals surface area contributed by atoms with Crippen LogP contribution in [-0.2, 0) is 11.2 Å². The first-order valence-electron chi connectivity index (χ1n) is 8.43. The van der Waals surface area contributed by atoms with Crippen molar-refractivity contribution in [2.45, 2.75) is 39.2 Å². The number of aryl methyl sites for hydroxylation is 2. The van der Waals surface area contributed by atoms with Crippen molar-refractivity contribution in [3.63, 3.8) is 0 Å². The molecule has 2 amide bonds. The van der Waals surface area contributed by atoms with Crippen LogP contribution in [0.3, 0.4) is 0 Å². The van der Waals surface area contributed by atoms with Gasteiger partial charge in [-0.05, 0) is 44.4 Å². The maximum atomic E-state index is 12.9. The summed E-state index contributed by atoms with van der Waals surface area (Å²) >= 11 is 13.4. The Morgan fingerprint density at radius 2 is 2.00 bits per heavy atom. The number of rotatable bonds is 4. The van der Waals surface area contributed by atoms with Gasteiger partial charge in [0.2, 0.25) is 5.91 Å². The van der Waals surface area contributed by atoms with E-state index in [4.69, 9.17) is 23.2 Å². The van der Waals surface area contributed by atoms with Crippen LogP contribution in [-0.4, -0.2) is 34.3 Å². The van der Waals surface area contributed by atoms with E-state index in [0.29, 0.717) is 33.6 Å². The average molecular weight is 412 g/mol. The van der Waals surface area contributed by atoms with Gasteiger partial charge in [-0.2, -0.15) is 0 Å². The molecule has 5 nitrogen and oxygen atoms in total. The second-order valence-electron chi connectivity index (χ2n) is 6.18. The molecule has 0 radical (unpaired) electrons. The van der Waals surface area contributed by atoms with Gasteiger partial charge in [-0.1, -0.05) is 30.1 Å². The Labute approximate surface area is 166 Å². The molecule has 1 unspecified atom stereocenters. The highest BCUT2D eigenvalue weighted by molar-refractivity contribution is 7.13. The maximum Gasteiger partial charge on any atom is 0.266 e. The molecule has 1 aromatic carbocycles. The van der Waals surface area contributed by atoms with Crippen molar-refractivity contribution in [1.82, 2.24) is 9.88 Å². The van der Waals surface area contributed by atoms with E-state index in [2.05, 4.69) is 10.3 Å². The molecule has 1 fully saturated rings. The highest BCUT2D eigenvalue weighted by Gasteiger charge is 2.36. The minimum atomic E-state index is -0.508. The van der Waals surface area contributed by atoms with Gasteiger partial charge in [-0.3, -0.25) is 9.59 Å². The topological polar surface area (TPSA) is 62.3 Å². The summed E-state index contributed by atoms with van der Waals surface area (Å²) in [5.41, 5.74) is 1.25. The van der Waals surface area contributed by atoms with Gasteiger partial charge in [0.1, 0.15) is 10.9 Å². The second-order valence-corrected chi connectivity index (χ2v) is 8.14. The Morgan fingerprint density at radius 3 is 2.62 bits per heavy atom. The van der Waals surface area contributed by atoms with E-state index >= 15 is 0 Å². The zero-order chi connectivity index (χ0) is 18.8. The Hall–Kier alpha value is -1.63. The van der Waals surface area contributed by atoms with Crippen LogP contribution in [0.25, 0.3) is 0 Å². The third kappa shape index (κ3) is 4.03. The molecule has 0 saturated carbocycles. The van der Waals surface area contributed by atoms with Crippen molar-refractivity contribution in [1.29, 1.82) is 0 Å². The van der Waals surface area contributed by atoms with Crippen LogP contribution in [0, 0.1) is 6.92 Å². The van der Waals surface area contributed by atoms with Crippen LogP contribution in [0.5, 0.6) is 0 Å². The first-order valence-corrected chi connectivity index (χ1v) is 10.0. The highest BCUT2D eigenvalue weighted by Crippen LogP contribution is 2.27. The standard InChI is InChI=1S/C18H19Cl2N3O2S/c1-3-15-21-10(2)16(26-15)18(25)23-6-4-5-14(23)17(24)22-13-8-11(19)7-12(20)9-13/h7-9,14H,3-6H2,1-2H3,(H,22,24). The third-order valence-corrected chi connectivity index (χ3v) is 6.01. The van der Waals surface area contributed by atoms with Gasteiger partial charge in [0.25, 0.3) is 5.91 Å². The first-order chi connectivity index (χ1) is 12.4. The molecule has 1 aliphatic rings. The molecule has 1 saturated heterocycles. The van der Waals surface area contributed by atoms with Gasteiger partial charge >= 0.3 is 0 Å². The molecule has 2 aromatic rings. The lowest BCUT2D eigenvalue weighted by atomic mass is 10.2. The van der Waals surface area contributed by atoms with Crippen molar-refractivity contribution in [2.75, 3.05) is 11.9 Å². The summed E-state index contributed by atoms with van der Waals surface area (Å²) < 4.78 is 0. The predicted octanol–water partition coefficient (Wildman–Crippen LogP) is 4.56. The van der Waals surface area contributed by atoms with Crippen LogP contribution in [0.1, 0.15) is 40.1 Å². The molecular weight excluding hydrogens is 393 g/mol. The third-order valence-electron chi connectivity index (χ3n) is 4.28. The SMILES string of the molecule is CCc1nc(C)c(C(=O)N2CCCC2C(=O)Nc2cc(Cl)cc(Cl)c2)s1. The first kappa shape index (κ1) is 19.1. The lowest BCUT2D eigenvalue weighted by Gasteiger charge is -2.23. The van der Waals surface area contributed by atoms with E-state index < -0.39 is 6.04 Å². The maximum absolute atomic E-state index is 12.9. The molecule has 1 N–H and O–H groups in total. The Morgan fingerprint density at radius 1 is 1.31 bits per heavy atom. The van der Waals surface area contributed by atoms with E-state index in [1.54, 1.807) is 23.1 Å². The van der Waals surface area contributed by atoms with Gasteiger partial charge in [0.05, 0.1) is 10.7 Å². The van der Waals surface area contributed by atoms with Crippen molar-refractivity contribution in [3.8, 4) is 0 Å². The number of nitrogens with zero attached hydrogens (tertiary/aromatic N) is 2. The number of amides is 2. The Balaban J connectivity index is 1.77. The van der Waals surface area contributed by atoms with Crippen molar-refractivity contribution in [2.24, 2.45) is 0 Å². The van der Waals surface area contributed by atoms with Crippen molar-refractivity contribution in [3.05, 3.63) is 43.8 Å². The largest absolute Gasteiger partial charge is 0.326 e. The summed E-state index contributed by atoms with van der Waals surface area (Å²) in [6.45, 7) is 4.41. The van der Waals surface area contributed by atoms with Crippen molar-refractivity contribution >= 4 is 52.0 Å². The average Bonchev–Trinajstić information content (AvgIpc) is 3.19. The summed E-state index contributed by atoms with van der Waals surface area (Å²) in [4.78, 5) is 32.4. The van der Waals surface area contributed by atoms with E-state index in [1.807, 2.05) is 13.8 Å². The summed E-state index contributed by atoms with van der Waals surface area (Å²) in [7, 11) is 0. The molecule has 1 aliphatic heterocycles. The molecule has 0 bridgehead atoms. The molecular formula is C18H19Cl2N3O2S. The van der Waals surface area contributed by atoms with E-state index in [1.165, 1.54) is 11.3 Å². The van der Waals surface area contributed by atoms with E-state index in [9.17, 15) is 9.59 Å². The van der Waals surface area contributed by atoms with E-state index in [-0.39, 0.29) is 11.8 Å². The van der Waals surface area contributed by atoms with Crippen LogP contribution in [0.2, 0.25) is 10.0 Å². The van der Waals surface area contributed by atoms with Gasteiger partial charge in [0.15, 0.2) is 0 Å². The number of hydrogen-bond acceptors (Lipinski definition) is 4. The quantitative estimate of drug-likeness (QED) is 0.801. The zero-order valence-corrected chi connectivity index (χ0v) is 16.8. The summed E-state index contributed by atoms with van der Waals surface area (Å²) in [5, 5.41) is 4.64. The lowest BCUT2D eigenvalue weighted by molar-refractivity contribution is -0.119. The molecule has 0 spiro atoms. The molecule has 26 heavy (non-hydrogen) atoms. The fourth-order valence-corrected chi connectivity index (χ4v) is 4.55. The van der Waals surface area contributed by atoms with E-state index in [0.717, 1.165) is 23.5 Å². The van der Waals surface area contributed by atoms with Gasteiger partial charge in [-0.15, -0.1) is 11.3 Å². The number of carbonyl (C=O) groups is 2. The smallest absolute Gasteiger partial charge is 0.266 e. The van der Waals surface area contributed by atoms with Gasteiger partial charge in [0, 0.05) is 22.3 Å². The number of halogens is 2. The molecule has 1 atom stereocenters. The fourth-order valence-electron chi connectivity index (χ4n) is 3.07. The molecule has 3 rings (SSSR count). The minimum absolute atomic E-state index is 0.124. The van der Waals surface area contributed by atoms with Gasteiger partial charge < -0.3 is 10.2 Å². The minimum Gasteiger partial charge on any atom is -0.326 e. The molecule has 1 aromatic heterocycles. The number of benzene rings is 1. The summed E-state index contributed by atoms with van der Waals surface area (Å²) in [6.07, 6.45) is 2.21. The predicted molar refractivity (Wildman–Crippen MR) is 105 cm³/mol. The number of nitrogens with one attached hydrogen (secondary N) is 1. The Bertz CT molecular complexity index is 833. The summed E-state index contributed by atoms with van der Waals surface area (Å²) in [5.74, 6) is -0.353. The van der Waals surface area contributed by atoms with Crippen LogP contribution in [0.4, 0.5) is 5.69 Å². The number of hydrogen-bond donors (Lipinski definition) is 1. The normalized spacial score (nSPS) is 16.8. The van der Waals surface area contributed by atoms with Crippen LogP contribution >= 0.6 is 34.5 Å². The molecule has 138 valence electrons. The number of carbonyl (C=O) groups excluding carboxylic acids is 2. The second kappa shape index (κ2) is 7.94. The number of aromatic nitrogens is 1. The fraction of sp³-hybridized carbons (Fsp3) is 0.389. The number of likely N-dealkylation sites (tertiary alicyclic amines) is 1. The Kier molecular flexibility index (Phi) is 5.85. The monoisotopic (exact) mass is 411 g/mol. The zero-order valence-electron chi connectivity index (χ0n) is 14.5.